The first-order valence-corrected chi connectivity index (χ1v) is 8.64. The fourth-order valence-electron chi connectivity index (χ4n) is 3.51. The summed E-state index contributed by atoms with van der Waals surface area (Å²) in [7, 11) is 0. The van der Waals surface area contributed by atoms with E-state index in [2.05, 4.69) is 24.5 Å². The van der Waals surface area contributed by atoms with Gasteiger partial charge in [-0.15, -0.1) is 0 Å². The van der Waals surface area contributed by atoms with Gasteiger partial charge >= 0.3 is 6.03 Å². The third kappa shape index (κ3) is 4.71. The molecule has 0 spiro atoms. The highest BCUT2D eigenvalue weighted by molar-refractivity contribution is 5.74. The molecule has 1 fully saturated rings. The molecule has 1 aliphatic heterocycles. The van der Waals surface area contributed by atoms with E-state index in [-0.39, 0.29) is 36.7 Å². The Bertz CT molecular complexity index is 382. The topological polar surface area (TPSA) is 70.6 Å². The zero-order chi connectivity index (χ0) is 15.9. The maximum atomic E-state index is 12.1. The van der Waals surface area contributed by atoms with Gasteiger partial charge in [0.25, 0.3) is 0 Å². The molecule has 0 aromatic carbocycles. The molecule has 1 aliphatic carbocycles. The molecule has 0 saturated carbocycles. The molecule has 1 heterocycles. The largest absolute Gasteiger partial charge is 0.396 e. The number of aliphatic hydroxyl groups is 1. The van der Waals surface area contributed by atoms with E-state index < -0.39 is 0 Å². The number of carbonyl (C=O) groups is 1. The van der Waals surface area contributed by atoms with E-state index in [1.807, 2.05) is 12.2 Å². The van der Waals surface area contributed by atoms with Crippen molar-refractivity contribution in [2.24, 2.45) is 11.8 Å². The average molecular weight is 310 g/mol. The molecule has 2 rings (SSSR count). The molecule has 1 saturated heterocycles. The van der Waals surface area contributed by atoms with Crippen LogP contribution in [0.3, 0.4) is 0 Å². The van der Waals surface area contributed by atoms with Crippen molar-refractivity contribution >= 4 is 6.03 Å². The molecule has 0 bridgehead atoms. The minimum absolute atomic E-state index is 0.0341. The highest BCUT2D eigenvalue weighted by atomic mass is 16.5. The van der Waals surface area contributed by atoms with E-state index in [9.17, 15) is 4.79 Å². The van der Waals surface area contributed by atoms with Gasteiger partial charge in [0.15, 0.2) is 0 Å². The lowest BCUT2D eigenvalue weighted by Crippen LogP contribution is -2.49. The van der Waals surface area contributed by atoms with Gasteiger partial charge in [-0.25, -0.2) is 4.79 Å². The predicted octanol–water partition coefficient (Wildman–Crippen LogP) is 2.21. The Morgan fingerprint density at radius 1 is 1.27 bits per heavy atom. The quantitative estimate of drug-likeness (QED) is 0.659. The first-order chi connectivity index (χ1) is 10.7. The van der Waals surface area contributed by atoms with Crippen molar-refractivity contribution in [1.82, 2.24) is 10.6 Å². The van der Waals surface area contributed by atoms with Crippen LogP contribution in [0.5, 0.6) is 0 Å². The Morgan fingerprint density at radius 2 is 2.05 bits per heavy atom. The molecule has 2 amide bonds. The predicted molar refractivity (Wildman–Crippen MR) is 86.6 cm³/mol. The summed E-state index contributed by atoms with van der Waals surface area (Å²) in [5.74, 6) is 0.753. The molecular weight excluding hydrogens is 280 g/mol. The normalized spacial score (nSPS) is 31.5. The van der Waals surface area contributed by atoms with Crippen molar-refractivity contribution in [2.45, 2.75) is 64.1 Å². The molecule has 0 radical (unpaired) electrons. The minimum Gasteiger partial charge on any atom is -0.396 e. The van der Waals surface area contributed by atoms with Crippen LogP contribution < -0.4 is 10.6 Å². The maximum Gasteiger partial charge on any atom is 0.315 e. The fourth-order valence-corrected chi connectivity index (χ4v) is 3.51. The van der Waals surface area contributed by atoms with Gasteiger partial charge in [0.05, 0.1) is 6.10 Å². The van der Waals surface area contributed by atoms with Crippen molar-refractivity contribution in [1.29, 1.82) is 0 Å². The summed E-state index contributed by atoms with van der Waals surface area (Å²) in [4.78, 5) is 12.1. The van der Waals surface area contributed by atoms with E-state index in [1.54, 1.807) is 0 Å². The van der Waals surface area contributed by atoms with Crippen molar-refractivity contribution in [3.8, 4) is 0 Å². The van der Waals surface area contributed by atoms with Crippen LogP contribution in [0.1, 0.15) is 46.0 Å². The molecule has 0 unspecified atom stereocenters. The fraction of sp³-hybridized carbons (Fsp3) is 0.824. The van der Waals surface area contributed by atoms with E-state index >= 15 is 0 Å². The van der Waals surface area contributed by atoms with Gasteiger partial charge in [0, 0.05) is 31.2 Å². The third-order valence-electron chi connectivity index (χ3n) is 4.95. The van der Waals surface area contributed by atoms with Crippen molar-refractivity contribution in [2.75, 3.05) is 13.2 Å². The van der Waals surface area contributed by atoms with Crippen LogP contribution in [0.2, 0.25) is 0 Å². The Labute approximate surface area is 133 Å². The van der Waals surface area contributed by atoms with E-state index in [0.717, 1.165) is 38.7 Å². The molecule has 5 nitrogen and oxygen atoms in total. The number of carbonyl (C=O) groups excluding carboxylic acids is 1. The SMILES string of the molecule is CCC(CC)[C@H]1C[C@H](NC(=O)N[C@@H]2C=C[C@H](CO)C2)CCO1. The number of hydrogen-bond donors (Lipinski definition) is 3. The molecule has 2 aliphatic rings. The average Bonchev–Trinajstić information content (AvgIpc) is 2.96. The second kappa shape index (κ2) is 8.53. The Kier molecular flexibility index (Phi) is 6.70. The number of rotatable bonds is 6. The van der Waals surface area contributed by atoms with E-state index in [1.165, 1.54) is 0 Å². The molecular formula is C17H30N2O3. The van der Waals surface area contributed by atoms with Gasteiger partial charge in [-0.2, -0.15) is 0 Å². The summed E-state index contributed by atoms with van der Waals surface area (Å²) < 4.78 is 5.89. The smallest absolute Gasteiger partial charge is 0.315 e. The number of ether oxygens (including phenoxy) is 1. The van der Waals surface area contributed by atoms with Crippen molar-refractivity contribution < 1.29 is 14.6 Å². The van der Waals surface area contributed by atoms with Gasteiger partial charge in [-0.1, -0.05) is 38.8 Å². The summed E-state index contributed by atoms with van der Waals surface area (Å²) in [5.41, 5.74) is 0. The first kappa shape index (κ1) is 17.3. The lowest BCUT2D eigenvalue weighted by atomic mass is 9.89. The summed E-state index contributed by atoms with van der Waals surface area (Å²) in [5, 5.41) is 15.2. The summed E-state index contributed by atoms with van der Waals surface area (Å²) in [6, 6.07) is 0.119. The van der Waals surface area contributed by atoms with E-state index in [4.69, 9.17) is 9.84 Å². The van der Waals surface area contributed by atoms with Crippen LogP contribution in [0.4, 0.5) is 4.79 Å². The standard InChI is InChI=1S/C17H30N2O3/c1-3-13(4-2)16-10-15(7-8-22-16)19-17(21)18-14-6-5-12(9-14)11-20/h5-6,12-16,20H,3-4,7-11H2,1-2H3,(H2,18,19,21)/t12-,14+,15+,16+/m0/s1. The second-order valence-corrected chi connectivity index (χ2v) is 6.49. The Hall–Kier alpha value is -1.07. The van der Waals surface area contributed by atoms with Gasteiger partial charge in [-0.05, 0) is 25.2 Å². The van der Waals surface area contributed by atoms with Crippen LogP contribution >= 0.6 is 0 Å². The minimum atomic E-state index is -0.108. The summed E-state index contributed by atoms with van der Waals surface area (Å²) in [6.45, 7) is 5.27. The van der Waals surface area contributed by atoms with Crippen molar-refractivity contribution in [3.05, 3.63) is 12.2 Å². The number of nitrogens with one attached hydrogen (secondary N) is 2. The zero-order valence-corrected chi connectivity index (χ0v) is 13.8. The van der Waals surface area contributed by atoms with Crippen LogP contribution in [0.15, 0.2) is 12.2 Å². The summed E-state index contributed by atoms with van der Waals surface area (Å²) >= 11 is 0. The maximum absolute atomic E-state index is 12.1. The van der Waals surface area contributed by atoms with Gasteiger partial charge in [0.2, 0.25) is 0 Å². The molecule has 0 aromatic heterocycles. The Morgan fingerprint density at radius 3 is 2.68 bits per heavy atom. The van der Waals surface area contributed by atoms with Gasteiger partial charge < -0.3 is 20.5 Å². The van der Waals surface area contributed by atoms with Crippen LogP contribution in [-0.2, 0) is 4.74 Å². The molecule has 22 heavy (non-hydrogen) atoms. The molecule has 3 N–H and O–H groups in total. The lowest BCUT2D eigenvalue weighted by Gasteiger charge is -2.34. The third-order valence-corrected chi connectivity index (χ3v) is 4.95. The van der Waals surface area contributed by atoms with Crippen LogP contribution in [0, 0.1) is 11.8 Å². The number of urea groups is 1. The molecule has 5 heteroatoms. The van der Waals surface area contributed by atoms with Crippen LogP contribution in [0.25, 0.3) is 0 Å². The van der Waals surface area contributed by atoms with Crippen molar-refractivity contribution in [3.63, 3.8) is 0 Å². The molecule has 126 valence electrons. The number of amides is 2. The molecule has 0 aromatic rings. The zero-order valence-electron chi connectivity index (χ0n) is 13.8. The number of aliphatic hydroxyl groups excluding tert-OH is 1. The first-order valence-electron chi connectivity index (χ1n) is 8.64. The monoisotopic (exact) mass is 310 g/mol. The van der Waals surface area contributed by atoms with Crippen LogP contribution in [-0.4, -0.2) is 42.5 Å². The lowest BCUT2D eigenvalue weighted by molar-refractivity contribution is -0.0331. The highest BCUT2D eigenvalue weighted by Crippen LogP contribution is 2.25. The molecule has 4 atom stereocenters. The number of hydrogen-bond acceptors (Lipinski definition) is 3. The van der Waals surface area contributed by atoms with Gasteiger partial charge in [0.1, 0.15) is 0 Å². The summed E-state index contributed by atoms with van der Waals surface area (Å²) in [6.07, 6.45) is 9.02. The van der Waals surface area contributed by atoms with Gasteiger partial charge in [-0.3, -0.25) is 0 Å². The highest BCUT2D eigenvalue weighted by Gasteiger charge is 2.29. The second-order valence-electron chi connectivity index (χ2n) is 6.49. The Balaban J connectivity index is 1.75. The van der Waals surface area contributed by atoms with E-state index in [0.29, 0.717) is 5.92 Å².